The van der Waals surface area contributed by atoms with Crippen LogP contribution in [0.25, 0.3) is 0 Å². The molecule has 0 saturated heterocycles. The monoisotopic (exact) mass is 275 g/mol. The Hall–Kier alpha value is -2.83. The third-order valence-electron chi connectivity index (χ3n) is 2.43. The van der Waals surface area contributed by atoms with Gasteiger partial charge in [-0.3, -0.25) is 14.6 Å². The second-order valence-corrected chi connectivity index (χ2v) is 3.95. The molecule has 0 saturated carbocycles. The Bertz CT molecular complexity index is 691. The van der Waals surface area contributed by atoms with Crippen molar-refractivity contribution in [2.24, 2.45) is 0 Å². The number of benzene rings is 1. The van der Waals surface area contributed by atoms with E-state index in [1.165, 1.54) is 0 Å². The molecule has 0 aliphatic carbocycles. The first-order chi connectivity index (χ1) is 9.65. The lowest BCUT2D eigenvalue weighted by Crippen LogP contribution is -2.27. The van der Waals surface area contributed by atoms with Gasteiger partial charge in [0.1, 0.15) is 11.4 Å². The number of carbonyl (C=O) groups is 1. The van der Waals surface area contributed by atoms with Crippen LogP contribution in [0.4, 0.5) is 5.69 Å². The highest BCUT2D eigenvalue weighted by atomic mass is 16.5. The summed E-state index contributed by atoms with van der Waals surface area (Å²) in [6.07, 6.45) is 1.24. The summed E-state index contributed by atoms with van der Waals surface area (Å²) in [4.78, 5) is 38.1. The Morgan fingerprint density at radius 1 is 1.20 bits per heavy atom. The highest BCUT2D eigenvalue weighted by Crippen LogP contribution is 2.08. The molecule has 0 unspecified atom stereocenters. The summed E-state index contributed by atoms with van der Waals surface area (Å²) >= 11 is 0. The summed E-state index contributed by atoms with van der Waals surface area (Å²) in [5.74, 6) is 0.292. The van der Waals surface area contributed by atoms with Crippen LogP contribution in [-0.4, -0.2) is 22.5 Å². The van der Waals surface area contributed by atoms with Crippen LogP contribution in [0, 0.1) is 0 Å². The van der Waals surface area contributed by atoms with Crippen LogP contribution >= 0.6 is 0 Å². The second kappa shape index (κ2) is 6.37. The highest BCUT2D eigenvalue weighted by molar-refractivity contribution is 5.90. The molecule has 0 bridgehead atoms. The summed E-state index contributed by atoms with van der Waals surface area (Å²) in [6, 6.07) is 9.08. The van der Waals surface area contributed by atoms with Crippen molar-refractivity contribution in [2.45, 2.75) is 6.42 Å². The maximum Gasteiger partial charge on any atom is 0.325 e. The van der Waals surface area contributed by atoms with Crippen LogP contribution in [0.5, 0.6) is 5.75 Å². The molecule has 3 N–H and O–H groups in total. The van der Waals surface area contributed by atoms with E-state index in [-0.39, 0.29) is 24.6 Å². The van der Waals surface area contributed by atoms with Crippen molar-refractivity contribution in [3.63, 3.8) is 0 Å². The van der Waals surface area contributed by atoms with Gasteiger partial charge in [0.15, 0.2) is 0 Å². The molecule has 0 spiro atoms. The highest BCUT2D eigenvalue weighted by Gasteiger charge is 2.06. The molecular formula is C13H13N3O4. The van der Waals surface area contributed by atoms with E-state index in [9.17, 15) is 14.4 Å². The maximum absolute atomic E-state index is 11.6. The lowest BCUT2D eigenvalue weighted by molar-refractivity contribution is -0.116. The molecule has 2 aromatic rings. The fraction of sp³-hybridized carbons (Fsp3) is 0.154. The van der Waals surface area contributed by atoms with Crippen LogP contribution in [0.1, 0.15) is 6.42 Å². The van der Waals surface area contributed by atoms with Crippen molar-refractivity contribution in [1.29, 1.82) is 0 Å². The molecule has 1 amide bonds. The van der Waals surface area contributed by atoms with Gasteiger partial charge in [0, 0.05) is 6.20 Å². The quantitative estimate of drug-likeness (QED) is 0.737. The Kier molecular flexibility index (Phi) is 4.33. The predicted octanol–water partition coefficient (Wildman–Crippen LogP) is 0.471. The summed E-state index contributed by atoms with van der Waals surface area (Å²) in [5, 5.41) is 2.39. The van der Waals surface area contributed by atoms with E-state index < -0.39 is 11.2 Å². The van der Waals surface area contributed by atoms with Crippen molar-refractivity contribution < 1.29 is 9.53 Å². The first-order valence-corrected chi connectivity index (χ1v) is 5.95. The molecule has 2 rings (SSSR count). The van der Waals surface area contributed by atoms with E-state index in [1.54, 1.807) is 12.1 Å². The van der Waals surface area contributed by atoms with Crippen LogP contribution in [0.15, 0.2) is 46.1 Å². The first-order valence-electron chi connectivity index (χ1n) is 5.95. The van der Waals surface area contributed by atoms with Gasteiger partial charge < -0.3 is 15.0 Å². The maximum atomic E-state index is 11.6. The number of aromatic amines is 2. The van der Waals surface area contributed by atoms with Gasteiger partial charge in [-0.25, -0.2) is 4.79 Å². The summed E-state index contributed by atoms with van der Waals surface area (Å²) < 4.78 is 5.36. The van der Waals surface area contributed by atoms with Gasteiger partial charge in [0.2, 0.25) is 5.91 Å². The van der Waals surface area contributed by atoms with Gasteiger partial charge in [-0.05, 0) is 12.1 Å². The van der Waals surface area contributed by atoms with Crippen LogP contribution in [0.2, 0.25) is 0 Å². The lowest BCUT2D eigenvalue weighted by atomic mass is 10.3. The van der Waals surface area contributed by atoms with E-state index >= 15 is 0 Å². The number of ether oxygens (including phenoxy) is 1. The Labute approximate surface area is 113 Å². The number of carbonyl (C=O) groups excluding carboxylic acids is 1. The van der Waals surface area contributed by atoms with Crippen molar-refractivity contribution in [2.75, 3.05) is 11.9 Å². The zero-order chi connectivity index (χ0) is 14.4. The smallest absolute Gasteiger partial charge is 0.325 e. The first kappa shape index (κ1) is 13.6. The number of para-hydroxylation sites is 1. The van der Waals surface area contributed by atoms with Crippen molar-refractivity contribution in [1.82, 2.24) is 9.97 Å². The third kappa shape index (κ3) is 3.84. The van der Waals surface area contributed by atoms with E-state index in [2.05, 4.69) is 10.3 Å². The number of H-pyrrole nitrogens is 2. The fourth-order valence-electron chi connectivity index (χ4n) is 1.49. The number of hydrogen-bond acceptors (Lipinski definition) is 4. The Morgan fingerprint density at radius 3 is 2.65 bits per heavy atom. The molecule has 0 aliphatic heterocycles. The number of amides is 1. The Balaban J connectivity index is 1.84. The molecule has 1 heterocycles. The minimum absolute atomic E-state index is 0.00527. The molecule has 0 fully saturated rings. The molecule has 0 atom stereocenters. The zero-order valence-electron chi connectivity index (χ0n) is 10.5. The molecule has 1 aromatic carbocycles. The van der Waals surface area contributed by atoms with Crippen molar-refractivity contribution in [3.05, 3.63) is 57.4 Å². The van der Waals surface area contributed by atoms with Gasteiger partial charge in [0.25, 0.3) is 5.56 Å². The molecule has 7 heteroatoms. The number of aromatic nitrogens is 2. The summed E-state index contributed by atoms with van der Waals surface area (Å²) in [7, 11) is 0. The summed E-state index contributed by atoms with van der Waals surface area (Å²) in [5.41, 5.74) is -1.28. The van der Waals surface area contributed by atoms with E-state index in [0.29, 0.717) is 5.75 Å². The number of nitrogens with one attached hydrogen (secondary N) is 3. The van der Waals surface area contributed by atoms with Crippen LogP contribution in [-0.2, 0) is 4.79 Å². The standard InChI is InChI=1S/C13H13N3O4/c17-11(6-7-20-9-4-2-1-3-5-9)15-10-8-14-13(19)16-12(10)18/h1-5,8H,6-7H2,(H,15,17)(H2,14,16,18,19). The minimum atomic E-state index is -0.647. The molecule has 0 aliphatic rings. The van der Waals surface area contributed by atoms with Crippen molar-refractivity contribution >= 4 is 11.6 Å². The average Bonchev–Trinajstić information content (AvgIpc) is 2.43. The molecule has 20 heavy (non-hydrogen) atoms. The van der Waals surface area contributed by atoms with Gasteiger partial charge in [-0.2, -0.15) is 0 Å². The molecule has 0 radical (unpaired) electrons. The van der Waals surface area contributed by atoms with Crippen LogP contribution < -0.4 is 21.3 Å². The molecule has 104 valence electrons. The average molecular weight is 275 g/mol. The topological polar surface area (TPSA) is 104 Å². The number of rotatable bonds is 5. The fourth-order valence-corrected chi connectivity index (χ4v) is 1.49. The largest absolute Gasteiger partial charge is 0.493 e. The normalized spacial score (nSPS) is 10.0. The molecule has 7 nitrogen and oxygen atoms in total. The number of anilines is 1. The molecule has 1 aromatic heterocycles. The lowest BCUT2D eigenvalue weighted by Gasteiger charge is -2.06. The third-order valence-corrected chi connectivity index (χ3v) is 2.43. The second-order valence-electron chi connectivity index (χ2n) is 3.95. The van der Waals surface area contributed by atoms with Gasteiger partial charge >= 0.3 is 5.69 Å². The zero-order valence-corrected chi connectivity index (χ0v) is 10.5. The minimum Gasteiger partial charge on any atom is -0.493 e. The van der Waals surface area contributed by atoms with E-state index in [0.717, 1.165) is 6.20 Å². The van der Waals surface area contributed by atoms with Crippen molar-refractivity contribution in [3.8, 4) is 5.75 Å². The Morgan fingerprint density at radius 2 is 1.95 bits per heavy atom. The molecular weight excluding hydrogens is 262 g/mol. The van der Waals surface area contributed by atoms with Gasteiger partial charge in [0.05, 0.1) is 13.0 Å². The van der Waals surface area contributed by atoms with Gasteiger partial charge in [-0.15, -0.1) is 0 Å². The van der Waals surface area contributed by atoms with E-state index in [4.69, 9.17) is 4.74 Å². The SMILES string of the molecule is O=C(CCOc1ccccc1)Nc1c[nH]c(=O)[nH]c1=O. The van der Waals surface area contributed by atoms with E-state index in [1.807, 2.05) is 23.2 Å². The summed E-state index contributed by atoms with van der Waals surface area (Å²) in [6.45, 7) is 0.192. The predicted molar refractivity (Wildman–Crippen MR) is 72.9 cm³/mol. The van der Waals surface area contributed by atoms with Gasteiger partial charge in [-0.1, -0.05) is 18.2 Å². The number of hydrogen-bond donors (Lipinski definition) is 3. The van der Waals surface area contributed by atoms with Crippen LogP contribution in [0.3, 0.4) is 0 Å².